The molecule has 0 aromatic heterocycles. The Kier molecular flexibility index (Phi) is 7.63. The van der Waals surface area contributed by atoms with Crippen molar-refractivity contribution in [3.63, 3.8) is 0 Å². The fourth-order valence-corrected chi connectivity index (χ4v) is 2.49. The van der Waals surface area contributed by atoms with Crippen molar-refractivity contribution in [2.45, 2.75) is 13.8 Å². The summed E-state index contributed by atoms with van der Waals surface area (Å²) in [6, 6.07) is 12.2. The SMILES string of the molecule is COc1ccc(OC)c(/C=C/C(=O)Nc2ccccc2C(=O)NCC(C)C)c1. The topological polar surface area (TPSA) is 76.7 Å². The first-order chi connectivity index (χ1) is 13.4. The highest BCUT2D eigenvalue weighted by Gasteiger charge is 2.12. The molecule has 0 bridgehead atoms. The number of hydrogen-bond acceptors (Lipinski definition) is 4. The van der Waals surface area contributed by atoms with Crippen molar-refractivity contribution in [3.8, 4) is 11.5 Å². The van der Waals surface area contributed by atoms with E-state index < -0.39 is 0 Å². The average molecular weight is 382 g/mol. The lowest BCUT2D eigenvalue weighted by Crippen LogP contribution is -2.28. The normalized spacial score (nSPS) is 10.8. The van der Waals surface area contributed by atoms with Crippen LogP contribution in [-0.4, -0.2) is 32.6 Å². The van der Waals surface area contributed by atoms with Crippen molar-refractivity contribution < 1.29 is 19.1 Å². The number of ether oxygens (including phenoxy) is 2. The summed E-state index contributed by atoms with van der Waals surface area (Å²) < 4.78 is 10.5. The summed E-state index contributed by atoms with van der Waals surface area (Å²) in [7, 11) is 3.13. The molecule has 0 saturated carbocycles. The van der Waals surface area contributed by atoms with Crippen LogP contribution in [0.4, 0.5) is 5.69 Å². The van der Waals surface area contributed by atoms with E-state index in [-0.39, 0.29) is 11.8 Å². The largest absolute Gasteiger partial charge is 0.497 e. The van der Waals surface area contributed by atoms with Crippen molar-refractivity contribution in [3.05, 3.63) is 59.7 Å². The minimum Gasteiger partial charge on any atom is -0.497 e. The van der Waals surface area contributed by atoms with E-state index in [0.717, 1.165) is 0 Å². The molecular weight excluding hydrogens is 356 g/mol. The van der Waals surface area contributed by atoms with E-state index in [1.165, 1.54) is 6.08 Å². The zero-order chi connectivity index (χ0) is 20.5. The summed E-state index contributed by atoms with van der Waals surface area (Å²) in [4.78, 5) is 24.8. The standard InChI is InChI=1S/C22H26N2O4/c1-15(2)14-23-22(26)18-7-5-6-8-19(18)24-21(25)12-9-16-13-17(27-3)10-11-20(16)28-4/h5-13,15H,14H2,1-4H3,(H,23,26)(H,24,25)/b12-9+. The van der Waals surface area contributed by atoms with Gasteiger partial charge < -0.3 is 20.1 Å². The minimum absolute atomic E-state index is 0.219. The Balaban J connectivity index is 2.14. The molecule has 28 heavy (non-hydrogen) atoms. The maximum atomic E-state index is 12.4. The summed E-state index contributed by atoms with van der Waals surface area (Å²) in [5.41, 5.74) is 1.58. The summed E-state index contributed by atoms with van der Waals surface area (Å²) in [5.74, 6) is 1.05. The third-order valence-corrected chi connectivity index (χ3v) is 3.95. The predicted octanol–water partition coefficient (Wildman–Crippen LogP) is 3.74. The van der Waals surface area contributed by atoms with Crippen molar-refractivity contribution in [2.24, 2.45) is 5.92 Å². The number of carbonyl (C=O) groups is 2. The Morgan fingerprint density at radius 2 is 1.82 bits per heavy atom. The van der Waals surface area contributed by atoms with Crippen LogP contribution in [0.15, 0.2) is 48.5 Å². The van der Waals surface area contributed by atoms with Crippen LogP contribution in [0.2, 0.25) is 0 Å². The maximum Gasteiger partial charge on any atom is 0.253 e. The minimum atomic E-state index is -0.353. The molecule has 0 aliphatic carbocycles. The highest BCUT2D eigenvalue weighted by molar-refractivity contribution is 6.07. The Morgan fingerprint density at radius 1 is 1.07 bits per heavy atom. The van der Waals surface area contributed by atoms with Gasteiger partial charge in [-0.3, -0.25) is 9.59 Å². The van der Waals surface area contributed by atoms with Crippen LogP contribution in [0.5, 0.6) is 11.5 Å². The van der Waals surface area contributed by atoms with E-state index in [2.05, 4.69) is 10.6 Å². The molecule has 2 aromatic rings. The number of nitrogens with one attached hydrogen (secondary N) is 2. The van der Waals surface area contributed by atoms with Gasteiger partial charge in [0.25, 0.3) is 5.91 Å². The van der Waals surface area contributed by atoms with Gasteiger partial charge in [0.2, 0.25) is 5.91 Å². The van der Waals surface area contributed by atoms with Gasteiger partial charge in [0.05, 0.1) is 25.5 Å². The number of anilines is 1. The third-order valence-electron chi connectivity index (χ3n) is 3.95. The zero-order valence-corrected chi connectivity index (χ0v) is 16.6. The quantitative estimate of drug-likeness (QED) is 0.682. The molecule has 0 atom stereocenters. The molecule has 0 aliphatic rings. The van der Waals surface area contributed by atoms with Gasteiger partial charge in [0.15, 0.2) is 0 Å². The molecule has 0 aliphatic heterocycles. The first-order valence-electron chi connectivity index (χ1n) is 9.03. The Labute approximate surface area is 165 Å². The average Bonchev–Trinajstić information content (AvgIpc) is 2.70. The molecular formula is C22H26N2O4. The molecule has 0 saturated heterocycles. The van der Waals surface area contributed by atoms with Crippen molar-refractivity contribution in [2.75, 3.05) is 26.1 Å². The second-order valence-corrected chi connectivity index (χ2v) is 6.58. The van der Waals surface area contributed by atoms with Crippen LogP contribution in [0, 0.1) is 5.92 Å². The summed E-state index contributed by atoms with van der Waals surface area (Å²) in [6.07, 6.45) is 3.03. The molecule has 0 fully saturated rings. The monoisotopic (exact) mass is 382 g/mol. The van der Waals surface area contributed by atoms with Gasteiger partial charge in [-0.1, -0.05) is 26.0 Å². The Bertz CT molecular complexity index is 859. The van der Waals surface area contributed by atoms with E-state index in [0.29, 0.717) is 40.8 Å². The molecule has 0 unspecified atom stereocenters. The smallest absolute Gasteiger partial charge is 0.253 e. The number of amides is 2. The number of methoxy groups -OCH3 is 2. The zero-order valence-electron chi connectivity index (χ0n) is 16.6. The molecule has 0 radical (unpaired) electrons. The van der Waals surface area contributed by atoms with Gasteiger partial charge in [-0.2, -0.15) is 0 Å². The van der Waals surface area contributed by atoms with Gasteiger partial charge in [-0.15, -0.1) is 0 Å². The molecule has 2 aromatic carbocycles. The third kappa shape index (κ3) is 5.87. The second kappa shape index (κ2) is 10.2. The van der Waals surface area contributed by atoms with Gasteiger partial charge >= 0.3 is 0 Å². The van der Waals surface area contributed by atoms with E-state index >= 15 is 0 Å². The van der Waals surface area contributed by atoms with E-state index in [1.54, 1.807) is 62.8 Å². The van der Waals surface area contributed by atoms with E-state index in [9.17, 15) is 9.59 Å². The lowest BCUT2D eigenvalue weighted by molar-refractivity contribution is -0.111. The fourth-order valence-electron chi connectivity index (χ4n) is 2.49. The van der Waals surface area contributed by atoms with E-state index in [4.69, 9.17) is 9.47 Å². The van der Waals surface area contributed by atoms with Gasteiger partial charge in [-0.25, -0.2) is 0 Å². The first-order valence-corrected chi connectivity index (χ1v) is 9.03. The Hall–Kier alpha value is -3.28. The molecule has 0 heterocycles. The lowest BCUT2D eigenvalue weighted by atomic mass is 10.1. The van der Waals surface area contributed by atoms with Crippen LogP contribution in [0.25, 0.3) is 6.08 Å². The lowest BCUT2D eigenvalue weighted by Gasteiger charge is -2.12. The number of para-hydroxylation sites is 1. The number of benzene rings is 2. The first kappa shape index (κ1) is 21.0. The molecule has 0 spiro atoms. The maximum absolute atomic E-state index is 12.4. The number of rotatable bonds is 8. The van der Waals surface area contributed by atoms with Crippen molar-refractivity contribution in [1.82, 2.24) is 5.32 Å². The van der Waals surface area contributed by atoms with Crippen LogP contribution in [0.3, 0.4) is 0 Å². The van der Waals surface area contributed by atoms with Crippen LogP contribution in [0.1, 0.15) is 29.8 Å². The summed E-state index contributed by atoms with van der Waals surface area (Å²) in [5, 5.41) is 5.62. The molecule has 148 valence electrons. The summed E-state index contributed by atoms with van der Waals surface area (Å²) >= 11 is 0. The van der Waals surface area contributed by atoms with E-state index in [1.807, 2.05) is 13.8 Å². The molecule has 2 amide bonds. The summed E-state index contributed by atoms with van der Waals surface area (Å²) in [6.45, 7) is 4.61. The Morgan fingerprint density at radius 3 is 2.50 bits per heavy atom. The van der Waals surface area contributed by atoms with Crippen LogP contribution < -0.4 is 20.1 Å². The predicted molar refractivity (Wildman–Crippen MR) is 111 cm³/mol. The van der Waals surface area contributed by atoms with Gasteiger partial charge in [-0.05, 0) is 42.3 Å². The van der Waals surface area contributed by atoms with Gasteiger partial charge in [0, 0.05) is 18.2 Å². The number of hydrogen-bond donors (Lipinski definition) is 2. The van der Waals surface area contributed by atoms with Crippen molar-refractivity contribution >= 4 is 23.6 Å². The van der Waals surface area contributed by atoms with Crippen LogP contribution >= 0.6 is 0 Å². The van der Waals surface area contributed by atoms with Crippen molar-refractivity contribution in [1.29, 1.82) is 0 Å². The highest BCUT2D eigenvalue weighted by Crippen LogP contribution is 2.25. The van der Waals surface area contributed by atoms with Gasteiger partial charge in [0.1, 0.15) is 11.5 Å². The number of carbonyl (C=O) groups excluding carboxylic acids is 2. The fraction of sp³-hybridized carbons (Fsp3) is 0.273. The second-order valence-electron chi connectivity index (χ2n) is 6.58. The highest BCUT2D eigenvalue weighted by atomic mass is 16.5. The molecule has 6 heteroatoms. The molecule has 2 rings (SSSR count). The molecule has 2 N–H and O–H groups in total. The molecule has 6 nitrogen and oxygen atoms in total. The van der Waals surface area contributed by atoms with Crippen LogP contribution in [-0.2, 0) is 4.79 Å².